The van der Waals surface area contributed by atoms with E-state index in [1.54, 1.807) is 6.92 Å². The molecule has 2 aliphatic heterocycles. The van der Waals surface area contributed by atoms with Crippen LogP contribution in [0.4, 0.5) is 10.5 Å². The van der Waals surface area contributed by atoms with Gasteiger partial charge in [-0.15, -0.1) is 0 Å². The number of hydrogen-bond donors (Lipinski definition) is 2. The van der Waals surface area contributed by atoms with Crippen molar-refractivity contribution in [1.82, 2.24) is 10.2 Å². The second-order valence-electron chi connectivity index (χ2n) is 9.01. The van der Waals surface area contributed by atoms with E-state index in [9.17, 15) is 14.4 Å². The first kappa shape index (κ1) is 22.0. The fourth-order valence-corrected chi connectivity index (χ4v) is 3.89. The maximum Gasteiger partial charge on any atom is 0.325 e. The summed E-state index contributed by atoms with van der Waals surface area (Å²) in [5, 5.41) is 5.59. The summed E-state index contributed by atoms with van der Waals surface area (Å²) in [6.45, 7) is 7.54. The zero-order valence-corrected chi connectivity index (χ0v) is 19.0. The Morgan fingerprint density at radius 3 is 2.41 bits per heavy atom. The summed E-state index contributed by atoms with van der Waals surface area (Å²) in [6, 6.07) is 9.97. The van der Waals surface area contributed by atoms with Crippen molar-refractivity contribution in [3.05, 3.63) is 52.5 Å². The van der Waals surface area contributed by atoms with Crippen LogP contribution in [0.2, 0.25) is 5.02 Å². The van der Waals surface area contributed by atoms with Gasteiger partial charge in [0, 0.05) is 12.1 Å². The normalized spacial score (nSPS) is 19.8. The minimum Gasteiger partial charge on any atom is -0.454 e. The number of imide groups is 1. The van der Waals surface area contributed by atoms with E-state index in [1.165, 1.54) is 12.1 Å². The number of anilines is 1. The molecule has 2 aliphatic rings. The van der Waals surface area contributed by atoms with Crippen molar-refractivity contribution in [1.29, 1.82) is 0 Å². The van der Waals surface area contributed by atoms with Crippen LogP contribution >= 0.6 is 11.6 Å². The van der Waals surface area contributed by atoms with Crippen molar-refractivity contribution in [2.45, 2.75) is 38.6 Å². The largest absolute Gasteiger partial charge is 0.454 e. The molecule has 4 amide bonds. The Balaban J connectivity index is 1.49. The number of halogens is 1. The lowest BCUT2D eigenvalue weighted by Gasteiger charge is -2.24. The number of carbonyl (C=O) groups excluding carboxylic acids is 3. The molecule has 32 heavy (non-hydrogen) atoms. The van der Waals surface area contributed by atoms with Crippen LogP contribution in [0.15, 0.2) is 36.4 Å². The Labute approximate surface area is 190 Å². The topological polar surface area (TPSA) is 97.0 Å². The Hall–Kier alpha value is -3.26. The molecule has 4 rings (SSSR count). The van der Waals surface area contributed by atoms with Gasteiger partial charge in [-0.1, -0.05) is 56.6 Å². The maximum absolute atomic E-state index is 13.1. The SMILES string of the molecule is CC(C)(C)c1ccc(C2(C)NC(=O)N(CC(=O)Nc3cc4c(cc3Cl)OCO4)C2=O)cc1. The minimum atomic E-state index is -1.26. The van der Waals surface area contributed by atoms with Crippen molar-refractivity contribution in [3.63, 3.8) is 0 Å². The van der Waals surface area contributed by atoms with E-state index in [2.05, 4.69) is 31.4 Å². The maximum atomic E-state index is 13.1. The third-order valence-corrected chi connectivity index (χ3v) is 5.95. The third kappa shape index (κ3) is 3.86. The lowest BCUT2D eigenvalue weighted by Crippen LogP contribution is -2.42. The molecule has 2 N–H and O–H groups in total. The Morgan fingerprint density at radius 1 is 1.16 bits per heavy atom. The molecule has 9 heteroatoms. The van der Waals surface area contributed by atoms with Crippen LogP contribution in [0, 0.1) is 0 Å². The molecule has 2 heterocycles. The average Bonchev–Trinajstić information content (AvgIpc) is 3.25. The molecule has 0 spiro atoms. The number of amides is 4. The van der Waals surface area contributed by atoms with E-state index in [4.69, 9.17) is 21.1 Å². The fraction of sp³-hybridized carbons (Fsp3) is 0.348. The molecule has 1 saturated heterocycles. The smallest absolute Gasteiger partial charge is 0.325 e. The first-order chi connectivity index (χ1) is 15.0. The second-order valence-corrected chi connectivity index (χ2v) is 9.41. The molecular formula is C23H24ClN3O5. The monoisotopic (exact) mass is 457 g/mol. The second kappa shape index (κ2) is 7.70. The van der Waals surface area contributed by atoms with E-state index >= 15 is 0 Å². The van der Waals surface area contributed by atoms with Crippen LogP contribution in [-0.2, 0) is 20.5 Å². The summed E-state index contributed by atoms with van der Waals surface area (Å²) in [5.74, 6) is -0.138. The van der Waals surface area contributed by atoms with E-state index in [-0.39, 0.29) is 17.2 Å². The van der Waals surface area contributed by atoms with Crippen molar-refractivity contribution in [3.8, 4) is 11.5 Å². The molecule has 168 valence electrons. The molecule has 8 nitrogen and oxygen atoms in total. The van der Waals surface area contributed by atoms with Gasteiger partial charge in [0.15, 0.2) is 11.5 Å². The number of rotatable bonds is 4. The lowest BCUT2D eigenvalue weighted by molar-refractivity contribution is -0.133. The number of hydrogen-bond acceptors (Lipinski definition) is 5. The fourth-order valence-electron chi connectivity index (χ4n) is 3.69. The van der Waals surface area contributed by atoms with Crippen molar-refractivity contribution < 1.29 is 23.9 Å². The van der Waals surface area contributed by atoms with Gasteiger partial charge in [-0.3, -0.25) is 14.5 Å². The molecule has 1 unspecified atom stereocenters. The van der Waals surface area contributed by atoms with Crippen LogP contribution in [0.5, 0.6) is 11.5 Å². The molecular weight excluding hydrogens is 434 g/mol. The number of carbonyl (C=O) groups is 3. The van der Waals surface area contributed by atoms with Gasteiger partial charge >= 0.3 is 6.03 Å². The molecule has 0 aromatic heterocycles. The van der Waals surface area contributed by atoms with Gasteiger partial charge in [-0.2, -0.15) is 0 Å². The minimum absolute atomic E-state index is 0.0392. The van der Waals surface area contributed by atoms with E-state index in [0.717, 1.165) is 10.5 Å². The Bertz CT molecular complexity index is 1110. The summed E-state index contributed by atoms with van der Waals surface area (Å²) in [6.07, 6.45) is 0. The molecule has 1 fully saturated rings. The summed E-state index contributed by atoms with van der Waals surface area (Å²) in [5.41, 5.74) is 0.754. The highest BCUT2D eigenvalue weighted by Crippen LogP contribution is 2.39. The molecule has 0 radical (unpaired) electrons. The standard InChI is InChI=1S/C23H24ClN3O5/c1-22(2,3)13-5-7-14(8-6-13)23(4)20(29)27(21(30)26-23)11-19(28)25-16-10-18-17(9-15(16)24)31-12-32-18/h5-10H,11-12H2,1-4H3,(H,25,28)(H,26,30). The number of ether oxygens (including phenoxy) is 2. The van der Waals surface area contributed by atoms with Crippen molar-refractivity contribution >= 4 is 35.1 Å². The molecule has 0 bridgehead atoms. The summed E-state index contributed by atoms with van der Waals surface area (Å²) >= 11 is 6.19. The summed E-state index contributed by atoms with van der Waals surface area (Å²) in [4.78, 5) is 39.2. The lowest BCUT2D eigenvalue weighted by atomic mass is 9.84. The first-order valence-electron chi connectivity index (χ1n) is 10.1. The predicted octanol–water partition coefficient (Wildman–Crippen LogP) is 3.77. The van der Waals surface area contributed by atoms with Gasteiger partial charge in [-0.25, -0.2) is 4.79 Å². The molecule has 2 aromatic rings. The van der Waals surface area contributed by atoms with Crippen LogP contribution in [0.3, 0.4) is 0 Å². The Morgan fingerprint density at radius 2 is 1.78 bits per heavy atom. The van der Waals surface area contributed by atoms with Crippen LogP contribution in [0.25, 0.3) is 0 Å². The molecule has 1 atom stereocenters. The van der Waals surface area contributed by atoms with Gasteiger partial charge in [0.2, 0.25) is 12.7 Å². The van der Waals surface area contributed by atoms with Gasteiger partial charge in [0.1, 0.15) is 12.1 Å². The quantitative estimate of drug-likeness (QED) is 0.681. The van der Waals surface area contributed by atoms with Gasteiger partial charge in [-0.05, 0) is 23.5 Å². The summed E-state index contributed by atoms with van der Waals surface area (Å²) in [7, 11) is 0. The number of urea groups is 1. The van der Waals surface area contributed by atoms with Gasteiger partial charge < -0.3 is 20.1 Å². The zero-order chi connectivity index (χ0) is 23.3. The number of nitrogens with zero attached hydrogens (tertiary/aromatic N) is 1. The Kier molecular flexibility index (Phi) is 5.29. The highest BCUT2D eigenvalue weighted by Gasteiger charge is 2.49. The third-order valence-electron chi connectivity index (χ3n) is 5.64. The van der Waals surface area contributed by atoms with Gasteiger partial charge in [0.05, 0.1) is 10.7 Å². The highest BCUT2D eigenvalue weighted by atomic mass is 35.5. The zero-order valence-electron chi connectivity index (χ0n) is 18.2. The van der Waals surface area contributed by atoms with Crippen LogP contribution in [0.1, 0.15) is 38.8 Å². The van der Waals surface area contributed by atoms with E-state index in [0.29, 0.717) is 22.7 Å². The summed E-state index contributed by atoms with van der Waals surface area (Å²) < 4.78 is 10.5. The molecule has 0 aliphatic carbocycles. The predicted molar refractivity (Wildman–Crippen MR) is 119 cm³/mol. The number of benzene rings is 2. The molecule has 2 aromatic carbocycles. The van der Waals surface area contributed by atoms with Crippen LogP contribution in [-0.4, -0.2) is 36.1 Å². The number of nitrogens with one attached hydrogen (secondary N) is 2. The van der Waals surface area contributed by atoms with E-state index < -0.39 is 29.9 Å². The van der Waals surface area contributed by atoms with Crippen molar-refractivity contribution in [2.75, 3.05) is 18.7 Å². The molecule has 0 saturated carbocycles. The number of fused-ring (bicyclic) bond motifs is 1. The van der Waals surface area contributed by atoms with Crippen molar-refractivity contribution in [2.24, 2.45) is 0 Å². The van der Waals surface area contributed by atoms with Crippen LogP contribution < -0.4 is 20.1 Å². The van der Waals surface area contributed by atoms with Gasteiger partial charge in [0.25, 0.3) is 5.91 Å². The first-order valence-corrected chi connectivity index (χ1v) is 10.5. The highest BCUT2D eigenvalue weighted by molar-refractivity contribution is 6.34. The average molecular weight is 458 g/mol. The van der Waals surface area contributed by atoms with E-state index in [1.807, 2.05) is 24.3 Å².